The van der Waals surface area contributed by atoms with Crippen LogP contribution in [-0.4, -0.2) is 60.7 Å². The van der Waals surface area contributed by atoms with Gasteiger partial charge in [0.1, 0.15) is 6.61 Å². The number of hydrogen-bond acceptors (Lipinski definition) is 4. The molecule has 104 valence electrons. The number of ether oxygens (including phenoxy) is 1. The fourth-order valence-corrected chi connectivity index (χ4v) is 3.97. The zero-order valence-electron chi connectivity index (χ0n) is 11.4. The zero-order chi connectivity index (χ0) is 13.0. The van der Waals surface area contributed by atoms with Crippen molar-refractivity contribution in [1.29, 1.82) is 0 Å². The summed E-state index contributed by atoms with van der Waals surface area (Å²) in [6.45, 7) is 4.27. The average Bonchev–Trinajstić information content (AvgIpc) is 2.76. The molecular weight excluding hydrogens is 248 g/mol. The van der Waals surface area contributed by atoms with Crippen LogP contribution in [0.25, 0.3) is 0 Å². The SMILES string of the molecule is COCC(=O)N1CCC(NC2CCSC2C)CC1. The first-order valence-electron chi connectivity index (χ1n) is 6.85. The van der Waals surface area contributed by atoms with Crippen LogP contribution in [0.1, 0.15) is 26.2 Å². The van der Waals surface area contributed by atoms with Crippen molar-refractivity contribution in [2.75, 3.05) is 32.6 Å². The quantitative estimate of drug-likeness (QED) is 0.832. The minimum absolute atomic E-state index is 0.126. The lowest BCUT2D eigenvalue weighted by Crippen LogP contribution is -2.49. The number of rotatable bonds is 4. The minimum Gasteiger partial charge on any atom is -0.375 e. The zero-order valence-corrected chi connectivity index (χ0v) is 12.2. The third-order valence-electron chi connectivity index (χ3n) is 3.94. The van der Waals surface area contributed by atoms with Gasteiger partial charge in [-0.2, -0.15) is 11.8 Å². The number of carbonyl (C=O) groups is 1. The van der Waals surface area contributed by atoms with E-state index in [4.69, 9.17) is 4.74 Å². The molecule has 2 fully saturated rings. The lowest BCUT2D eigenvalue weighted by molar-refractivity contribution is -0.136. The van der Waals surface area contributed by atoms with Gasteiger partial charge in [-0.1, -0.05) is 6.92 Å². The molecule has 0 radical (unpaired) electrons. The molecule has 2 saturated heterocycles. The van der Waals surface area contributed by atoms with E-state index in [-0.39, 0.29) is 12.5 Å². The van der Waals surface area contributed by atoms with E-state index in [9.17, 15) is 4.79 Å². The Morgan fingerprint density at radius 3 is 2.67 bits per heavy atom. The maximum atomic E-state index is 11.7. The van der Waals surface area contributed by atoms with Crippen molar-refractivity contribution in [3.63, 3.8) is 0 Å². The molecule has 18 heavy (non-hydrogen) atoms. The van der Waals surface area contributed by atoms with E-state index >= 15 is 0 Å². The van der Waals surface area contributed by atoms with Crippen molar-refractivity contribution in [1.82, 2.24) is 10.2 Å². The number of nitrogens with zero attached hydrogens (tertiary/aromatic N) is 1. The topological polar surface area (TPSA) is 41.6 Å². The molecule has 0 spiro atoms. The van der Waals surface area contributed by atoms with Crippen LogP contribution in [0.5, 0.6) is 0 Å². The molecule has 0 aromatic heterocycles. The Morgan fingerprint density at radius 2 is 2.11 bits per heavy atom. The Hall–Kier alpha value is -0.260. The summed E-state index contributed by atoms with van der Waals surface area (Å²) < 4.78 is 4.90. The second-order valence-corrected chi connectivity index (χ2v) is 6.71. The molecule has 0 aliphatic carbocycles. The van der Waals surface area contributed by atoms with Crippen LogP contribution in [0, 0.1) is 0 Å². The van der Waals surface area contributed by atoms with Crippen molar-refractivity contribution in [3.05, 3.63) is 0 Å². The summed E-state index contributed by atoms with van der Waals surface area (Å²) in [7, 11) is 1.57. The first-order chi connectivity index (χ1) is 8.70. The Bertz CT molecular complexity index is 280. The van der Waals surface area contributed by atoms with Crippen molar-refractivity contribution >= 4 is 17.7 Å². The molecule has 0 bridgehead atoms. The monoisotopic (exact) mass is 272 g/mol. The van der Waals surface area contributed by atoms with Gasteiger partial charge < -0.3 is 15.0 Å². The normalized spacial score (nSPS) is 29.8. The van der Waals surface area contributed by atoms with Gasteiger partial charge in [0.05, 0.1) is 0 Å². The number of thioether (sulfide) groups is 1. The van der Waals surface area contributed by atoms with Gasteiger partial charge in [-0.15, -0.1) is 0 Å². The van der Waals surface area contributed by atoms with Gasteiger partial charge in [0.2, 0.25) is 5.91 Å². The summed E-state index contributed by atoms with van der Waals surface area (Å²) in [6, 6.07) is 1.25. The third kappa shape index (κ3) is 3.62. The third-order valence-corrected chi connectivity index (χ3v) is 5.27. The number of amides is 1. The molecule has 2 heterocycles. The van der Waals surface area contributed by atoms with Gasteiger partial charge in [-0.05, 0) is 25.0 Å². The van der Waals surface area contributed by atoms with Crippen molar-refractivity contribution in [2.45, 2.75) is 43.5 Å². The second kappa shape index (κ2) is 6.78. The van der Waals surface area contributed by atoms with E-state index in [0.29, 0.717) is 12.1 Å². The van der Waals surface area contributed by atoms with E-state index in [0.717, 1.165) is 31.2 Å². The molecule has 1 N–H and O–H groups in total. The van der Waals surface area contributed by atoms with Crippen LogP contribution in [0.3, 0.4) is 0 Å². The molecule has 4 nitrogen and oxygen atoms in total. The Morgan fingerprint density at radius 1 is 1.39 bits per heavy atom. The molecule has 2 rings (SSSR count). The summed E-state index contributed by atoms with van der Waals surface area (Å²) in [4.78, 5) is 13.6. The largest absolute Gasteiger partial charge is 0.375 e. The average molecular weight is 272 g/mol. The molecule has 2 aliphatic heterocycles. The molecule has 0 aromatic carbocycles. The Labute approximate surface area is 114 Å². The molecule has 5 heteroatoms. The highest BCUT2D eigenvalue weighted by Gasteiger charge is 2.28. The maximum Gasteiger partial charge on any atom is 0.248 e. The van der Waals surface area contributed by atoms with E-state index in [2.05, 4.69) is 24.0 Å². The number of carbonyl (C=O) groups excluding carboxylic acids is 1. The number of methoxy groups -OCH3 is 1. The molecule has 2 unspecified atom stereocenters. The van der Waals surface area contributed by atoms with E-state index < -0.39 is 0 Å². The molecule has 1 amide bonds. The van der Waals surface area contributed by atoms with Crippen LogP contribution in [0.2, 0.25) is 0 Å². The highest BCUT2D eigenvalue weighted by Crippen LogP contribution is 2.27. The van der Waals surface area contributed by atoms with Gasteiger partial charge in [0.15, 0.2) is 0 Å². The first kappa shape index (κ1) is 14.2. The number of likely N-dealkylation sites (tertiary alicyclic amines) is 1. The minimum atomic E-state index is 0.126. The van der Waals surface area contributed by atoms with E-state index in [1.165, 1.54) is 12.2 Å². The van der Waals surface area contributed by atoms with Gasteiger partial charge in [-0.3, -0.25) is 4.79 Å². The Balaban J connectivity index is 1.71. The van der Waals surface area contributed by atoms with Crippen molar-refractivity contribution in [2.24, 2.45) is 0 Å². The van der Waals surface area contributed by atoms with Crippen LogP contribution in [-0.2, 0) is 9.53 Å². The summed E-state index contributed by atoms with van der Waals surface area (Å²) in [5, 5.41) is 4.50. The van der Waals surface area contributed by atoms with Crippen LogP contribution >= 0.6 is 11.8 Å². The summed E-state index contributed by atoms with van der Waals surface area (Å²) in [5.74, 6) is 1.41. The Kier molecular flexibility index (Phi) is 5.33. The highest BCUT2D eigenvalue weighted by atomic mass is 32.2. The summed E-state index contributed by atoms with van der Waals surface area (Å²) >= 11 is 2.06. The van der Waals surface area contributed by atoms with E-state index in [1.807, 2.05) is 4.90 Å². The number of nitrogens with one attached hydrogen (secondary N) is 1. The van der Waals surface area contributed by atoms with Crippen molar-refractivity contribution < 1.29 is 9.53 Å². The fourth-order valence-electron chi connectivity index (χ4n) is 2.76. The highest BCUT2D eigenvalue weighted by molar-refractivity contribution is 8.00. The first-order valence-corrected chi connectivity index (χ1v) is 7.90. The smallest absolute Gasteiger partial charge is 0.248 e. The van der Waals surface area contributed by atoms with Crippen LogP contribution in [0.15, 0.2) is 0 Å². The fraction of sp³-hybridized carbons (Fsp3) is 0.923. The molecular formula is C13H24N2O2S. The molecule has 2 aliphatic rings. The number of hydrogen-bond donors (Lipinski definition) is 1. The molecule has 0 aromatic rings. The lowest BCUT2D eigenvalue weighted by atomic mass is 10.0. The predicted molar refractivity (Wildman–Crippen MR) is 74.9 cm³/mol. The molecule has 2 atom stereocenters. The standard InChI is InChI=1S/C13H24N2O2S/c1-10-12(5-8-18-10)14-11-3-6-15(7-4-11)13(16)9-17-2/h10-12,14H,3-9H2,1-2H3. The second-order valence-electron chi connectivity index (χ2n) is 5.23. The predicted octanol–water partition coefficient (Wildman–Crippen LogP) is 1.11. The van der Waals surface area contributed by atoms with Gasteiger partial charge >= 0.3 is 0 Å². The number of piperidine rings is 1. The van der Waals surface area contributed by atoms with E-state index in [1.54, 1.807) is 7.11 Å². The van der Waals surface area contributed by atoms with Crippen LogP contribution in [0.4, 0.5) is 0 Å². The van der Waals surface area contributed by atoms with Gasteiger partial charge in [0, 0.05) is 37.5 Å². The van der Waals surface area contributed by atoms with Crippen molar-refractivity contribution in [3.8, 4) is 0 Å². The van der Waals surface area contributed by atoms with Crippen LogP contribution < -0.4 is 5.32 Å². The van der Waals surface area contributed by atoms with Gasteiger partial charge in [-0.25, -0.2) is 0 Å². The van der Waals surface area contributed by atoms with Gasteiger partial charge in [0.25, 0.3) is 0 Å². The molecule has 0 saturated carbocycles. The summed E-state index contributed by atoms with van der Waals surface area (Å²) in [6.07, 6.45) is 3.43. The maximum absolute atomic E-state index is 11.7. The lowest BCUT2D eigenvalue weighted by Gasteiger charge is -2.34. The summed E-state index contributed by atoms with van der Waals surface area (Å²) in [5.41, 5.74) is 0.